The molecule has 5 aromatic heterocycles. The zero-order valence-corrected chi connectivity index (χ0v) is 28.8. The van der Waals surface area contributed by atoms with Crippen LogP contribution in [0.15, 0.2) is 158 Å². The highest BCUT2D eigenvalue weighted by molar-refractivity contribution is 6.24. The van der Waals surface area contributed by atoms with Crippen LogP contribution in [0.1, 0.15) is 25.0 Å². The summed E-state index contributed by atoms with van der Waals surface area (Å²) < 4.78 is 2.45. The van der Waals surface area contributed by atoms with Crippen LogP contribution in [-0.2, 0) is 5.41 Å². The Balaban J connectivity index is 1.14. The second kappa shape index (κ2) is 10.7. The molecule has 0 bridgehead atoms. The van der Waals surface area contributed by atoms with Gasteiger partial charge in [-0.1, -0.05) is 86.6 Å². The van der Waals surface area contributed by atoms with Crippen molar-refractivity contribution in [3.05, 3.63) is 169 Å². The highest BCUT2D eigenvalue weighted by Crippen LogP contribution is 2.56. The number of para-hydroxylation sites is 2. The van der Waals surface area contributed by atoms with E-state index in [1.165, 1.54) is 77.0 Å². The quantitative estimate of drug-likeness (QED) is 0.188. The van der Waals surface area contributed by atoms with Crippen molar-refractivity contribution in [3.63, 3.8) is 0 Å². The van der Waals surface area contributed by atoms with Gasteiger partial charge in [0.15, 0.2) is 0 Å². The van der Waals surface area contributed by atoms with Gasteiger partial charge in [0.2, 0.25) is 0 Å². The van der Waals surface area contributed by atoms with Crippen LogP contribution in [0.3, 0.4) is 0 Å². The topological polar surface area (TPSA) is 43.1 Å². The molecule has 0 atom stereocenters. The summed E-state index contributed by atoms with van der Waals surface area (Å²) in [5, 5.41) is 5.19. The largest absolute Gasteiger partial charge is 0.308 e. The normalized spacial score (nSPS) is 13.3. The third-order valence-corrected chi connectivity index (χ3v) is 11.3. The summed E-state index contributed by atoms with van der Waals surface area (Å²) in [5.41, 5.74) is 17.7. The van der Waals surface area contributed by atoms with Crippen LogP contribution in [0.5, 0.6) is 0 Å². The van der Waals surface area contributed by atoms with Gasteiger partial charge in [-0.25, -0.2) is 4.98 Å². The van der Waals surface area contributed by atoms with Gasteiger partial charge in [-0.2, -0.15) is 0 Å². The van der Waals surface area contributed by atoms with E-state index in [0.717, 1.165) is 28.1 Å². The van der Waals surface area contributed by atoms with Crippen LogP contribution >= 0.6 is 0 Å². The Labute approximate surface area is 301 Å². The number of hydrogen-bond donors (Lipinski definition) is 0. The maximum atomic E-state index is 5.14. The summed E-state index contributed by atoms with van der Waals surface area (Å²) in [4.78, 5) is 13.7. The van der Waals surface area contributed by atoms with Gasteiger partial charge >= 0.3 is 0 Å². The fourth-order valence-electron chi connectivity index (χ4n) is 9.14. The van der Waals surface area contributed by atoms with E-state index in [1.807, 2.05) is 49.1 Å². The molecule has 0 fully saturated rings. The van der Waals surface area contributed by atoms with E-state index in [1.54, 1.807) is 0 Å². The number of pyridine rings is 3. The molecule has 0 unspecified atom stereocenters. The molecule has 4 nitrogen and oxygen atoms in total. The Kier molecular flexibility index (Phi) is 5.98. The zero-order chi connectivity index (χ0) is 34.6. The minimum absolute atomic E-state index is 0.282. The average Bonchev–Trinajstić information content (AvgIpc) is 3.81. The van der Waals surface area contributed by atoms with Gasteiger partial charge < -0.3 is 4.40 Å². The Bertz CT molecular complexity index is 2890. The number of hydrogen-bond acceptors (Lipinski definition) is 3. The molecule has 1 aliphatic carbocycles. The average molecular weight is 665 g/mol. The van der Waals surface area contributed by atoms with Crippen molar-refractivity contribution in [2.45, 2.75) is 19.3 Å². The molecular weight excluding hydrogens is 633 g/mol. The van der Waals surface area contributed by atoms with E-state index < -0.39 is 0 Å². The zero-order valence-electron chi connectivity index (χ0n) is 28.8. The molecule has 0 saturated carbocycles. The van der Waals surface area contributed by atoms with Gasteiger partial charge in [0.05, 0.1) is 27.9 Å². The summed E-state index contributed by atoms with van der Waals surface area (Å²) in [6, 6.07) is 48.8. The fourth-order valence-corrected chi connectivity index (χ4v) is 9.14. The van der Waals surface area contributed by atoms with Crippen LogP contribution in [0.25, 0.3) is 94.0 Å². The summed E-state index contributed by atoms with van der Waals surface area (Å²) in [7, 11) is 0. The van der Waals surface area contributed by atoms with Crippen LogP contribution in [0.2, 0.25) is 0 Å². The van der Waals surface area contributed by atoms with E-state index in [9.17, 15) is 0 Å². The Hall–Kier alpha value is -6.65. The van der Waals surface area contributed by atoms with Crippen molar-refractivity contribution in [2.24, 2.45) is 0 Å². The predicted octanol–water partition coefficient (Wildman–Crippen LogP) is 12.0. The van der Waals surface area contributed by atoms with E-state index >= 15 is 0 Å². The van der Waals surface area contributed by atoms with Crippen LogP contribution in [0.4, 0.5) is 0 Å². The second-order valence-electron chi connectivity index (χ2n) is 14.5. The molecule has 244 valence electrons. The SMILES string of the molecule is CC1(C)c2c(-c3cc(-c4ccncc4)nc(-c4ccncc4)c3)cccc2-c2cccc(-c3cc4c5ccccc5n5c6ccccc6c(c3)c45)c21. The van der Waals surface area contributed by atoms with Gasteiger partial charge in [-0.15, -0.1) is 0 Å². The summed E-state index contributed by atoms with van der Waals surface area (Å²) >= 11 is 0. The Morgan fingerprint density at radius 2 is 0.865 bits per heavy atom. The van der Waals surface area contributed by atoms with E-state index in [0.29, 0.717) is 0 Å². The van der Waals surface area contributed by atoms with Crippen molar-refractivity contribution in [1.82, 2.24) is 19.4 Å². The molecule has 52 heavy (non-hydrogen) atoms. The van der Waals surface area contributed by atoms with Crippen molar-refractivity contribution >= 4 is 38.1 Å². The fraction of sp³-hybridized carbons (Fsp3) is 0.0625. The van der Waals surface area contributed by atoms with Gasteiger partial charge in [-0.05, 0) is 105 Å². The molecule has 0 amide bonds. The van der Waals surface area contributed by atoms with Gasteiger partial charge in [0, 0.05) is 62.9 Å². The van der Waals surface area contributed by atoms with Crippen LogP contribution in [-0.4, -0.2) is 19.4 Å². The minimum atomic E-state index is -0.282. The predicted molar refractivity (Wildman–Crippen MR) is 214 cm³/mol. The number of benzene rings is 5. The molecule has 5 heterocycles. The first-order chi connectivity index (χ1) is 25.6. The first-order valence-corrected chi connectivity index (χ1v) is 17.8. The molecule has 4 heteroatoms. The first-order valence-electron chi connectivity index (χ1n) is 17.8. The molecular formula is C48H32N4. The minimum Gasteiger partial charge on any atom is -0.308 e. The molecule has 0 spiro atoms. The highest BCUT2D eigenvalue weighted by Gasteiger charge is 2.40. The standard InChI is InChI=1S/C48H32N4/c1-48(2)45-33(31-25-39-35-9-3-5-15-43(35)52-44-16-6-4-10-36(44)40(26-31)47(39)52)11-7-13-37(45)38-14-8-12-34(46(38)48)32-27-41(29-17-21-49-22-18-29)51-42(28-32)30-19-23-50-24-20-30/h3-28H,1-2H3. The number of nitrogens with zero attached hydrogens (tertiary/aromatic N) is 4. The Morgan fingerprint density at radius 3 is 1.37 bits per heavy atom. The van der Waals surface area contributed by atoms with E-state index in [-0.39, 0.29) is 5.41 Å². The number of fused-ring (bicyclic) bond motifs is 9. The van der Waals surface area contributed by atoms with E-state index in [2.05, 4.69) is 137 Å². The lowest BCUT2D eigenvalue weighted by Gasteiger charge is -2.27. The van der Waals surface area contributed by atoms with Gasteiger partial charge in [0.25, 0.3) is 0 Å². The van der Waals surface area contributed by atoms with Crippen molar-refractivity contribution in [2.75, 3.05) is 0 Å². The van der Waals surface area contributed by atoms with Crippen molar-refractivity contribution < 1.29 is 0 Å². The smallest absolute Gasteiger partial charge is 0.0716 e. The second-order valence-corrected chi connectivity index (χ2v) is 14.5. The third-order valence-electron chi connectivity index (χ3n) is 11.3. The molecule has 0 aliphatic heterocycles. The third kappa shape index (κ3) is 4.00. The molecule has 11 rings (SSSR count). The van der Waals surface area contributed by atoms with Crippen LogP contribution in [0, 0.1) is 0 Å². The lowest BCUT2D eigenvalue weighted by molar-refractivity contribution is 0.664. The summed E-state index contributed by atoms with van der Waals surface area (Å²) in [5.74, 6) is 0. The Morgan fingerprint density at radius 1 is 0.423 bits per heavy atom. The molecule has 0 radical (unpaired) electrons. The first kappa shape index (κ1) is 29.1. The van der Waals surface area contributed by atoms with Gasteiger partial charge in [0.1, 0.15) is 0 Å². The number of aromatic nitrogens is 4. The molecule has 5 aromatic carbocycles. The lowest BCUT2D eigenvalue weighted by Crippen LogP contribution is -2.17. The van der Waals surface area contributed by atoms with E-state index in [4.69, 9.17) is 4.98 Å². The molecule has 0 saturated heterocycles. The maximum absolute atomic E-state index is 5.14. The summed E-state index contributed by atoms with van der Waals surface area (Å²) in [6.45, 7) is 4.80. The molecule has 10 aromatic rings. The monoisotopic (exact) mass is 664 g/mol. The highest BCUT2D eigenvalue weighted by atomic mass is 14.9. The summed E-state index contributed by atoms with van der Waals surface area (Å²) in [6.07, 6.45) is 7.32. The molecule has 0 N–H and O–H groups in total. The molecule has 1 aliphatic rings. The van der Waals surface area contributed by atoms with Crippen molar-refractivity contribution in [3.8, 4) is 55.9 Å². The van der Waals surface area contributed by atoms with Crippen LogP contribution < -0.4 is 0 Å². The lowest BCUT2D eigenvalue weighted by atomic mass is 9.76. The van der Waals surface area contributed by atoms with Crippen molar-refractivity contribution in [1.29, 1.82) is 0 Å². The maximum Gasteiger partial charge on any atom is 0.0716 e. The van der Waals surface area contributed by atoms with Gasteiger partial charge in [-0.3, -0.25) is 9.97 Å². The number of rotatable bonds is 4.